The van der Waals surface area contributed by atoms with E-state index in [1.165, 1.54) is 32.1 Å². The van der Waals surface area contributed by atoms with Gasteiger partial charge in [-0.25, -0.2) is 0 Å². The second kappa shape index (κ2) is 5.05. The molecule has 2 fully saturated rings. The lowest BCUT2D eigenvalue weighted by atomic mass is 9.78. The number of nitrogens with zero attached hydrogens (tertiary/aromatic N) is 2. The van der Waals surface area contributed by atoms with E-state index in [0.717, 1.165) is 17.9 Å². The average molecular weight is 273 g/mol. The molecule has 1 aliphatic carbocycles. The van der Waals surface area contributed by atoms with Crippen LogP contribution in [0.25, 0.3) is 11.4 Å². The molecule has 20 heavy (non-hydrogen) atoms. The lowest BCUT2D eigenvalue weighted by molar-refractivity contribution is 0.158. The van der Waals surface area contributed by atoms with Gasteiger partial charge in [0, 0.05) is 6.04 Å². The van der Waals surface area contributed by atoms with Gasteiger partial charge < -0.3 is 14.3 Å². The van der Waals surface area contributed by atoms with Crippen LogP contribution in [-0.2, 0) is 0 Å². The quantitative estimate of drug-likeness (QED) is 0.909. The highest BCUT2D eigenvalue weighted by atomic mass is 16.5. The number of hydrogen-bond donors (Lipinski definition) is 1. The summed E-state index contributed by atoms with van der Waals surface area (Å²) in [7, 11) is 0. The van der Waals surface area contributed by atoms with E-state index >= 15 is 0 Å². The molecule has 1 aliphatic heterocycles. The fourth-order valence-electron chi connectivity index (χ4n) is 3.58. The second-order valence-corrected chi connectivity index (χ2v) is 5.92. The highest BCUT2D eigenvalue weighted by Gasteiger charge is 2.34. The van der Waals surface area contributed by atoms with Gasteiger partial charge in [0.2, 0.25) is 11.7 Å². The molecule has 2 aromatic heterocycles. The van der Waals surface area contributed by atoms with Gasteiger partial charge in [-0.3, -0.25) is 0 Å². The van der Waals surface area contributed by atoms with Gasteiger partial charge in [0.15, 0.2) is 0 Å². The standard InChI is InChI=1S/C15H19N3O2/c1-2-4-12-10(3-1)5-6-13(16-12)15-17-14(18-20-15)11-7-8-19-9-11/h7-10,12-13,16H,1-6H2. The molecule has 1 saturated heterocycles. The minimum absolute atomic E-state index is 0.211. The molecule has 3 atom stereocenters. The van der Waals surface area contributed by atoms with Crippen molar-refractivity contribution in [1.29, 1.82) is 0 Å². The van der Waals surface area contributed by atoms with Gasteiger partial charge in [-0.2, -0.15) is 4.98 Å². The van der Waals surface area contributed by atoms with E-state index < -0.39 is 0 Å². The van der Waals surface area contributed by atoms with E-state index in [4.69, 9.17) is 8.94 Å². The van der Waals surface area contributed by atoms with Gasteiger partial charge in [-0.15, -0.1) is 0 Å². The summed E-state index contributed by atoms with van der Waals surface area (Å²) in [6, 6.07) is 2.69. The van der Waals surface area contributed by atoms with Crippen LogP contribution >= 0.6 is 0 Å². The Balaban J connectivity index is 1.50. The zero-order valence-corrected chi connectivity index (χ0v) is 11.4. The Labute approximate surface area is 117 Å². The third-order valence-corrected chi connectivity index (χ3v) is 4.67. The first-order valence-electron chi connectivity index (χ1n) is 7.52. The van der Waals surface area contributed by atoms with E-state index in [9.17, 15) is 0 Å². The minimum atomic E-state index is 0.211. The van der Waals surface area contributed by atoms with Crippen molar-refractivity contribution >= 4 is 0 Å². The molecule has 0 amide bonds. The SMILES string of the molecule is c1cc(-c2noc(C3CCC4CCCCC4N3)n2)co1. The molecule has 2 aromatic rings. The van der Waals surface area contributed by atoms with Crippen molar-refractivity contribution in [2.75, 3.05) is 0 Å². The lowest BCUT2D eigenvalue weighted by Gasteiger charge is -2.39. The van der Waals surface area contributed by atoms with Crippen molar-refractivity contribution < 1.29 is 8.94 Å². The summed E-state index contributed by atoms with van der Waals surface area (Å²) in [4.78, 5) is 4.51. The molecule has 3 heterocycles. The topological polar surface area (TPSA) is 64.1 Å². The molecule has 4 rings (SSSR count). The van der Waals surface area contributed by atoms with Gasteiger partial charge in [0.05, 0.1) is 17.9 Å². The highest BCUT2D eigenvalue weighted by Crippen LogP contribution is 2.36. The van der Waals surface area contributed by atoms with Gasteiger partial charge in [0.25, 0.3) is 0 Å². The molecular formula is C15H19N3O2. The predicted molar refractivity (Wildman–Crippen MR) is 72.9 cm³/mol. The van der Waals surface area contributed by atoms with E-state index in [1.54, 1.807) is 12.5 Å². The fraction of sp³-hybridized carbons (Fsp3) is 0.600. The van der Waals surface area contributed by atoms with E-state index in [1.807, 2.05) is 6.07 Å². The summed E-state index contributed by atoms with van der Waals surface area (Å²) >= 11 is 0. The van der Waals surface area contributed by atoms with Crippen LogP contribution in [0.2, 0.25) is 0 Å². The molecule has 3 unspecified atom stereocenters. The van der Waals surface area contributed by atoms with Crippen LogP contribution in [-0.4, -0.2) is 16.2 Å². The summed E-state index contributed by atoms with van der Waals surface area (Å²) < 4.78 is 10.5. The molecule has 5 heteroatoms. The Kier molecular flexibility index (Phi) is 3.07. The van der Waals surface area contributed by atoms with Crippen molar-refractivity contribution in [1.82, 2.24) is 15.5 Å². The van der Waals surface area contributed by atoms with Gasteiger partial charge in [0.1, 0.15) is 6.26 Å². The van der Waals surface area contributed by atoms with Crippen LogP contribution in [0, 0.1) is 5.92 Å². The molecule has 2 aliphatic rings. The van der Waals surface area contributed by atoms with Gasteiger partial charge in [-0.05, 0) is 37.7 Å². The van der Waals surface area contributed by atoms with Crippen molar-refractivity contribution in [2.24, 2.45) is 5.92 Å². The molecule has 5 nitrogen and oxygen atoms in total. The average Bonchev–Trinajstić information content (AvgIpc) is 3.17. The third-order valence-electron chi connectivity index (χ3n) is 4.67. The number of rotatable bonds is 2. The van der Waals surface area contributed by atoms with Crippen molar-refractivity contribution in [3.05, 3.63) is 24.5 Å². The van der Waals surface area contributed by atoms with Crippen molar-refractivity contribution in [3.8, 4) is 11.4 Å². The Morgan fingerprint density at radius 2 is 2.10 bits per heavy atom. The van der Waals surface area contributed by atoms with Gasteiger partial charge >= 0.3 is 0 Å². The first-order chi connectivity index (χ1) is 9.90. The van der Waals surface area contributed by atoms with E-state index in [2.05, 4.69) is 15.5 Å². The number of nitrogens with one attached hydrogen (secondary N) is 1. The number of hydrogen-bond acceptors (Lipinski definition) is 5. The second-order valence-electron chi connectivity index (χ2n) is 5.92. The maximum Gasteiger partial charge on any atom is 0.244 e. The Bertz CT molecular complexity index is 563. The number of piperidine rings is 1. The number of aromatic nitrogens is 2. The first kappa shape index (κ1) is 12.1. The van der Waals surface area contributed by atoms with Crippen LogP contribution < -0.4 is 5.32 Å². The van der Waals surface area contributed by atoms with Gasteiger partial charge in [-0.1, -0.05) is 18.0 Å². The fourth-order valence-corrected chi connectivity index (χ4v) is 3.58. The molecule has 0 radical (unpaired) electrons. The smallest absolute Gasteiger partial charge is 0.244 e. The zero-order chi connectivity index (χ0) is 13.4. The number of furan rings is 1. The third kappa shape index (κ3) is 2.16. The largest absolute Gasteiger partial charge is 0.472 e. The normalized spacial score (nSPS) is 30.1. The minimum Gasteiger partial charge on any atom is -0.472 e. The maximum absolute atomic E-state index is 5.44. The Morgan fingerprint density at radius 1 is 1.15 bits per heavy atom. The summed E-state index contributed by atoms with van der Waals surface area (Å²) in [5.41, 5.74) is 0.867. The molecule has 1 saturated carbocycles. The highest BCUT2D eigenvalue weighted by molar-refractivity contribution is 5.51. The molecule has 0 spiro atoms. The predicted octanol–water partition coefficient (Wildman–Crippen LogP) is 3.31. The Morgan fingerprint density at radius 3 is 3.00 bits per heavy atom. The van der Waals surface area contributed by atoms with Crippen LogP contribution in [0.4, 0.5) is 0 Å². The summed E-state index contributed by atoms with van der Waals surface area (Å²) in [5.74, 6) is 2.17. The van der Waals surface area contributed by atoms with Crippen LogP contribution in [0.15, 0.2) is 27.5 Å². The zero-order valence-electron chi connectivity index (χ0n) is 11.4. The molecule has 0 bridgehead atoms. The monoisotopic (exact) mass is 273 g/mol. The maximum atomic E-state index is 5.44. The van der Waals surface area contributed by atoms with Crippen molar-refractivity contribution in [3.63, 3.8) is 0 Å². The lowest BCUT2D eigenvalue weighted by Crippen LogP contribution is -2.44. The molecule has 1 N–H and O–H groups in total. The first-order valence-corrected chi connectivity index (χ1v) is 7.52. The van der Waals surface area contributed by atoms with E-state index in [0.29, 0.717) is 17.8 Å². The van der Waals surface area contributed by atoms with Crippen LogP contribution in [0.5, 0.6) is 0 Å². The summed E-state index contributed by atoms with van der Waals surface area (Å²) in [6.07, 6.45) is 11.0. The molecule has 106 valence electrons. The Hall–Kier alpha value is -1.62. The van der Waals surface area contributed by atoms with Crippen molar-refractivity contribution in [2.45, 2.75) is 50.6 Å². The number of fused-ring (bicyclic) bond motifs is 1. The summed E-state index contributed by atoms with van der Waals surface area (Å²) in [5, 5.41) is 7.76. The molecular weight excluding hydrogens is 254 g/mol. The summed E-state index contributed by atoms with van der Waals surface area (Å²) in [6.45, 7) is 0. The molecule has 0 aromatic carbocycles. The van der Waals surface area contributed by atoms with Crippen LogP contribution in [0.3, 0.4) is 0 Å². The van der Waals surface area contributed by atoms with E-state index in [-0.39, 0.29) is 6.04 Å². The van der Waals surface area contributed by atoms with Crippen LogP contribution in [0.1, 0.15) is 50.5 Å².